The minimum atomic E-state index is -2.75. The highest BCUT2D eigenvalue weighted by Gasteiger charge is 2.52. The maximum atomic E-state index is 11.9. The molecule has 1 unspecified atom stereocenters. The molecule has 0 bridgehead atoms. The standard InChI is InChI=1S/C22H30N3O10PS2/c1-12(26)31-11-17-18(32-13(2)27)19(33-14(3)28)20(34-15(4)29)21(35-17)23-22(37)24-25-36(38,30-5)16-9-7-6-8-10-16/h6-10,17-21H,11H2,1-5H3,(H,25,38)(H2,23,24,37)/t17-,18-,19+,20-,21-,36?/m1/s1. The molecule has 1 aliphatic heterocycles. The van der Waals surface area contributed by atoms with Gasteiger partial charge in [0.1, 0.15) is 12.7 Å². The maximum Gasteiger partial charge on any atom is 0.303 e. The Morgan fingerprint density at radius 1 is 0.895 bits per heavy atom. The molecule has 38 heavy (non-hydrogen) atoms. The number of hydrogen-bond donors (Lipinski definition) is 3. The van der Waals surface area contributed by atoms with Crippen LogP contribution in [0, 0.1) is 0 Å². The Morgan fingerprint density at radius 3 is 1.97 bits per heavy atom. The Kier molecular flexibility index (Phi) is 12.0. The van der Waals surface area contributed by atoms with Gasteiger partial charge in [-0.3, -0.25) is 24.6 Å². The lowest BCUT2D eigenvalue weighted by molar-refractivity contribution is -0.254. The molecule has 1 aliphatic rings. The van der Waals surface area contributed by atoms with Crippen LogP contribution in [0.1, 0.15) is 27.7 Å². The first-order valence-corrected chi connectivity index (χ1v) is 14.3. The predicted octanol–water partition coefficient (Wildman–Crippen LogP) is 0.320. The summed E-state index contributed by atoms with van der Waals surface area (Å²) in [6.07, 6.45) is -9.06. The lowest BCUT2D eigenvalue weighted by Crippen LogP contribution is -2.67. The number of carbonyl (C=O) groups is 4. The Balaban J connectivity index is 2.31. The summed E-state index contributed by atoms with van der Waals surface area (Å²) < 4.78 is 32.7. The molecule has 0 amide bonds. The zero-order valence-electron chi connectivity index (χ0n) is 21.3. The molecule has 13 nitrogen and oxygen atoms in total. The molecule has 2 rings (SSSR count). The third kappa shape index (κ3) is 9.26. The lowest BCUT2D eigenvalue weighted by Gasteiger charge is -2.44. The summed E-state index contributed by atoms with van der Waals surface area (Å²) in [7, 11) is 1.46. The van der Waals surface area contributed by atoms with E-state index < -0.39 is 60.9 Å². The van der Waals surface area contributed by atoms with Crippen molar-refractivity contribution in [3.8, 4) is 0 Å². The fraction of sp³-hybridized carbons (Fsp3) is 0.500. The fourth-order valence-electron chi connectivity index (χ4n) is 3.47. The molecule has 1 aromatic rings. The molecule has 0 aromatic heterocycles. The minimum Gasteiger partial charge on any atom is -0.463 e. The van der Waals surface area contributed by atoms with E-state index in [1.165, 1.54) is 14.0 Å². The number of ether oxygens (including phenoxy) is 5. The van der Waals surface area contributed by atoms with E-state index in [0.29, 0.717) is 0 Å². The van der Waals surface area contributed by atoms with Crippen LogP contribution in [0.4, 0.5) is 0 Å². The summed E-state index contributed by atoms with van der Waals surface area (Å²) in [6, 6.07) is 9.06. The first-order valence-electron chi connectivity index (χ1n) is 11.2. The Hall–Kier alpha value is -2.68. The van der Waals surface area contributed by atoms with E-state index in [1.807, 2.05) is 18.2 Å². The molecule has 3 N–H and O–H groups in total. The van der Waals surface area contributed by atoms with Gasteiger partial charge in [-0.05, 0) is 24.0 Å². The van der Waals surface area contributed by atoms with Gasteiger partial charge in [0, 0.05) is 40.1 Å². The van der Waals surface area contributed by atoms with Crippen LogP contribution >= 0.6 is 18.6 Å². The largest absolute Gasteiger partial charge is 0.463 e. The van der Waals surface area contributed by atoms with Crippen molar-refractivity contribution in [3.63, 3.8) is 0 Å². The van der Waals surface area contributed by atoms with E-state index in [2.05, 4.69) is 15.9 Å². The van der Waals surface area contributed by atoms with E-state index in [1.54, 1.807) is 12.1 Å². The fourth-order valence-corrected chi connectivity index (χ4v) is 5.47. The van der Waals surface area contributed by atoms with Crippen molar-refractivity contribution < 1.29 is 47.4 Å². The van der Waals surface area contributed by atoms with Gasteiger partial charge in [-0.15, -0.1) is 0 Å². The molecule has 1 heterocycles. The monoisotopic (exact) mass is 591 g/mol. The molecule has 16 heteroatoms. The zero-order valence-corrected chi connectivity index (χ0v) is 23.9. The quantitative estimate of drug-likeness (QED) is 0.112. The average molecular weight is 592 g/mol. The number of rotatable bonds is 10. The number of esters is 4. The molecule has 0 aliphatic carbocycles. The van der Waals surface area contributed by atoms with E-state index >= 15 is 0 Å². The lowest BCUT2D eigenvalue weighted by atomic mass is 9.97. The second-order valence-corrected chi connectivity index (χ2v) is 12.1. The predicted molar refractivity (Wildman–Crippen MR) is 141 cm³/mol. The van der Waals surface area contributed by atoms with Crippen LogP contribution in [0.5, 0.6) is 0 Å². The van der Waals surface area contributed by atoms with Crippen molar-refractivity contribution in [3.05, 3.63) is 30.3 Å². The van der Waals surface area contributed by atoms with Crippen LogP contribution in [0.2, 0.25) is 0 Å². The van der Waals surface area contributed by atoms with Gasteiger partial charge in [0.05, 0.1) is 0 Å². The van der Waals surface area contributed by atoms with Crippen LogP contribution in [-0.4, -0.2) is 73.4 Å². The van der Waals surface area contributed by atoms with Gasteiger partial charge in [-0.2, -0.15) is 5.20 Å². The van der Waals surface area contributed by atoms with Gasteiger partial charge in [0.2, 0.25) is 0 Å². The number of nitrogens with one attached hydrogen (secondary N) is 3. The van der Waals surface area contributed by atoms with Crippen molar-refractivity contribution in [2.45, 2.75) is 58.3 Å². The maximum absolute atomic E-state index is 11.9. The van der Waals surface area contributed by atoms with Gasteiger partial charge in [-0.1, -0.05) is 30.3 Å². The first kappa shape index (κ1) is 31.5. The highest BCUT2D eigenvalue weighted by atomic mass is 32.4. The zero-order chi connectivity index (χ0) is 28.5. The molecule has 0 radical (unpaired) electrons. The van der Waals surface area contributed by atoms with Gasteiger partial charge in [0.25, 0.3) is 0 Å². The molecule has 210 valence electrons. The van der Waals surface area contributed by atoms with Gasteiger partial charge in [0.15, 0.2) is 36.1 Å². The van der Waals surface area contributed by atoms with Crippen molar-refractivity contribution in [1.29, 1.82) is 0 Å². The SMILES string of the molecule is COP(=S)(NNC(=S)N[C@@H]1O[C@H](COC(C)=O)[C@@H](OC(C)=O)[C@H](OC(C)=O)[C@H]1OC(C)=O)c1ccccc1. The Morgan fingerprint density at radius 2 is 1.45 bits per heavy atom. The molecule has 1 saturated heterocycles. The molecular weight excluding hydrogens is 561 g/mol. The van der Waals surface area contributed by atoms with Gasteiger partial charge in [-0.25, -0.2) is 0 Å². The second kappa shape index (κ2) is 14.5. The van der Waals surface area contributed by atoms with Crippen molar-refractivity contribution in [1.82, 2.24) is 15.9 Å². The van der Waals surface area contributed by atoms with Crippen LogP contribution in [0.15, 0.2) is 30.3 Å². The summed E-state index contributed by atoms with van der Waals surface area (Å²) in [4.78, 5) is 47.2. The van der Waals surface area contributed by atoms with E-state index in [9.17, 15) is 19.2 Å². The van der Waals surface area contributed by atoms with E-state index in [4.69, 9.17) is 52.2 Å². The normalized spacial score (nSPS) is 24.2. The molecule has 1 fully saturated rings. The number of carbonyl (C=O) groups excluding carboxylic acids is 4. The number of hydrazine groups is 1. The van der Waals surface area contributed by atoms with Gasteiger partial charge < -0.3 is 33.5 Å². The number of hydrogen-bond acceptors (Lipinski definition) is 12. The highest BCUT2D eigenvalue weighted by Crippen LogP contribution is 2.39. The summed E-state index contributed by atoms with van der Waals surface area (Å²) in [5.41, 5.74) is 2.75. The van der Waals surface area contributed by atoms with Crippen LogP contribution in [-0.2, 0) is 59.2 Å². The Labute approximate surface area is 230 Å². The summed E-state index contributed by atoms with van der Waals surface area (Å²) in [5.74, 6) is -2.84. The smallest absolute Gasteiger partial charge is 0.303 e. The number of benzene rings is 1. The molecule has 0 saturated carbocycles. The Bertz CT molecular complexity index is 1080. The first-order chi connectivity index (χ1) is 17.9. The van der Waals surface area contributed by atoms with Crippen LogP contribution in [0.25, 0.3) is 0 Å². The third-order valence-electron chi connectivity index (χ3n) is 4.93. The highest BCUT2D eigenvalue weighted by molar-refractivity contribution is 8.14. The summed E-state index contributed by atoms with van der Waals surface area (Å²) in [5, 5.41) is 6.39. The van der Waals surface area contributed by atoms with E-state index in [0.717, 1.165) is 26.1 Å². The van der Waals surface area contributed by atoms with E-state index in [-0.39, 0.29) is 11.7 Å². The summed E-state index contributed by atoms with van der Waals surface area (Å²) >= 11 is 11.0. The topological polar surface area (TPSA) is 160 Å². The summed E-state index contributed by atoms with van der Waals surface area (Å²) in [6.45, 7) is 4.22. The third-order valence-corrected chi connectivity index (χ3v) is 8.41. The average Bonchev–Trinajstić information content (AvgIpc) is 2.84. The second-order valence-electron chi connectivity index (χ2n) is 7.90. The van der Waals surface area contributed by atoms with Crippen LogP contribution < -0.4 is 21.2 Å². The van der Waals surface area contributed by atoms with Gasteiger partial charge >= 0.3 is 23.9 Å². The molecular formula is C22H30N3O10PS2. The van der Waals surface area contributed by atoms with Crippen LogP contribution in [0.3, 0.4) is 0 Å². The molecule has 1 aromatic carbocycles. The number of thiocarbonyl (C=S) groups is 1. The molecule has 0 spiro atoms. The minimum absolute atomic E-state index is 0.0481. The van der Waals surface area contributed by atoms with Crippen molar-refractivity contribution >= 4 is 64.7 Å². The molecule has 6 atom stereocenters. The van der Waals surface area contributed by atoms with Crippen molar-refractivity contribution in [2.24, 2.45) is 0 Å². The van der Waals surface area contributed by atoms with Crippen molar-refractivity contribution in [2.75, 3.05) is 13.7 Å².